The maximum atomic E-state index is 12.4. The quantitative estimate of drug-likeness (QED) is 0.664. The summed E-state index contributed by atoms with van der Waals surface area (Å²) >= 11 is 6.33. The van der Waals surface area contributed by atoms with E-state index in [4.69, 9.17) is 25.8 Å². The van der Waals surface area contributed by atoms with Crippen LogP contribution in [0.3, 0.4) is 0 Å². The number of hydrogen-bond acceptors (Lipinski definition) is 5. The molecule has 0 aliphatic carbocycles. The third kappa shape index (κ3) is 4.60. The Morgan fingerprint density at radius 2 is 2.07 bits per heavy atom. The highest BCUT2D eigenvalue weighted by molar-refractivity contribution is 6.31. The third-order valence-corrected chi connectivity index (χ3v) is 5.80. The van der Waals surface area contributed by atoms with Gasteiger partial charge in [0.25, 0.3) is 0 Å². The fraction of sp³-hybridized carbons (Fsp3) is 0.409. The van der Waals surface area contributed by atoms with E-state index in [0.717, 1.165) is 42.0 Å². The second-order valence-electron chi connectivity index (χ2n) is 7.33. The van der Waals surface area contributed by atoms with Crippen molar-refractivity contribution in [2.45, 2.75) is 38.4 Å². The largest absolute Gasteiger partial charge is 0.497 e. The van der Waals surface area contributed by atoms with Crippen molar-refractivity contribution >= 4 is 17.5 Å². The van der Waals surface area contributed by atoms with Crippen molar-refractivity contribution in [3.63, 3.8) is 0 Å². The van der Waals surface area contributed by atoms with Crippen LogP contribution in [0.4, 0.5) is 0 Å². The summed E-state index contributed by atoms with van der Waals surface area (Å²) in [6, 6.07) is 11.9. The van der Waals surface area contributed by atoms with Crippen molar-refractivity contribution in [3.8, 4) is 17.2 Å². The molecule has 0 unspecified atom stereocenters. The lowest BCUT2D eigenvalue weighted by Crippen LogP contribution is -2.34. The maximum Gasteiger partial charge on any atom is 0.231 e. The number of halogens is 1. The molecule has 2 aromatic rings. The summed E-state index contributed by atoms with van der Waals surface area (Å²) in [5.74, 6) is 2.46. The van der Waals surface area contributed by atoms with Crippen molar-refractivity contribution in [3.05, 3.63) is 52.5 Å². The van der Waals surface area contributed by atoms with Crippen molar-refractivity contribution in [2.75, 3.05) is 20.4 Å². The van der Waals surface area contributed by atoms with Crippen LogP contribution in [0.1, 0.15) is 30.4 Å². The van der Waals surface area contributed by atoms with Gasteiger partial charge in [-0.3, -0.25) is 4.79 Å². The van der Waals surface area contributed by atoms with E-state index >= 15 is 0 Å². The fourth-order valence-electron chi connectivity index (χ4n) is 3.86. The molecule has 2 aliphatic rings. The maximum absolute atomic E-state index is 12.4. The number of amides is 1. The fourth-order valence-corrected chi connectivity index (χ4v) is 4.09. The second-order valence-corrected chi connectivity index (χ2v) is 7.74. The summed E-state index contributed by atoms with van der Waals surface area (Å²) in [5.41, 5.74) is 2.07. The standard InChI is InChI=1S/C22H25ClN2O4/c1-27-18-4-2-3-15(9-18)13-25-17(5-6-22(25)26)7-8-24-12-16-10-20-21(11-19(16)23)29-14-28-20/h2-4,9-11,17,24H,5-8,12-14H2,1H3/t17-/m1/s1. The number of likely N-dealkylation sites (tertiary alicyclic amines) is 1. The lowest BCUT2D eigenvalue weighted by Gasteiger charge is -2.25. The van der Waals surface area contributed by atoms with Crippen LogP contribution in [0.15, 0.2) is 36.4 Å². The first-order chi connectivity index (χ1) is 14.1. The Morgan fingerprint density at radius 1 is 1.24 bits per heavy atom. The Kier molecular flexibility index (Phi) is 6.11. The highest BCUT2D eigenvalue weighted by Crippen LogP contribution is 2.36. The number of ether oxygens (including phenoxy) is 3. The van der Waals surface area contributed by atoms with E-state index in [2.05, 4.69) is 5.32 Å². The Morgan fingerprint density at radius 3 is 2.90 bits per heavy atom. The van der Waals surface area contributed by atoms with E-state index in [1.165, 1.54) is 0 Å². The minimum atomic E-state index is 0.219. The summed E-state index contributed by atoms with van der Waals surface area (Å²) in [5, 5.41) is 4.10. The lowest BCUT2D eigenvalue weighted by atomic mass is 10.1. The van der Waals surface area contributed by atoms with Gasteiger partial charge in [0.05, 0.1) is 7.11 Å². The molecule has 6 nitrogen and oxygen atoms in total. The van der Waals surface area contributed by atoms with Crippen LogP contribution in [0.25, 0.3) is 0 Å². The molecule has 1 fully saturated rings. The number of nitrogens with zero attached hydrogens (tertiary/aromatic N) is 1. The summed E-state index contributed by atoms with van der Waals surface area (Å²) in [6.45, 7) is 2.30. The van der Waals surface area contributed by atoms with Gasteiger partial charge < -0.3 is 24.4 Å². The third-order valence-electron chi connectivity index (χ3n) is 5.45. The van der Waals surface area contributed by atoms with Crippen molar-refractivity contribution in [1.29, 1.82) is 0 Å². The number of carbonyl (C=O) groups is 1. The van der Waals surface area contributed by atoms with Gasteiger partial charge in [0.2, 0.25) is 12.7 Å². The Labute approximate surface area is 175 Å². The zero-order valence-corrected chi connectivity index (χ0v) is 17.2. The molecule has 0 aromatic heterocycles. The summed E-state index contributed by atoms with van der Waals surface area (Å²) in [7, 11) is 1.65. The minimum absolute atomic E-state index is 0.219. The van der Waals surface area contributed by atoms with Crippen molar-refractivity contribution < 1.29 is 19.0 Å². The van der Waals surface area contributed by atoms with Crippen LogP contribution >= 0.6 is 11.6 Å². The van der Waals surface area contributed by atoms with Gasteiger partial charge in [-0.2, -0.15) is 0 Å². The molecular formula is C22H25ClN2O4. The number of fused-ring (bicyclic) bond motifs is 1. The molecule has 1 amide bonds. The monoisotopic (exact) mass is 416 g/mol. The molecule has 0 radical (unpaired) electrons. The van der Waals surface area contributed by atoms with E-state index in [9.17, 15) is 4.79 Å². The first-order valence-corrected chi connectivity index (χ1v) is 10.2. The van der Waals surface area contributed by atoms with Crippen LogP contribution in [-0.2, 0) is 17.9 Å². The molecule has 154 valence electrons. The number of benzene rings is 2. The van der Waals surface area contributed by atoms with Gasteiger partial charge in [-0.15, -0.1) is 0 Å². The normalized spacial score (nSPS) is 17.8. The smallest absolute Gasteiger partial charge is 0.231 e. The number of hydrogen-bond donors (Lipinski definition) is 1. The molecule has 4 rings (SSSR count). The van der Waals surface area contributed by atoms with E-state index in [-0.39, 0.29) is 18.7 Å². The van der Waals surface area contributed by atoms with Crippen LogP contribution < -0.4 is 19.5 Å². The van der Waals surface area contributed by atoms with Crippen molar-refractivity contribution in [1.82, 2.24) is 10.2 Å². The molecule has 0 saturated carbocycles. The highest BCUT2D eigenvalue weighted by Gasteiger charge is 2.30. The summed E-state index contributed by atoms with van der Waals surface area (Å²) in [4.78, 5) is 14.4. The number of carbonyl (C=O) groups excluding carboxylic acids is 1. The van der Waals surface area contributed by atoms with E-state index in [0.29, 0.717) is 30.3 Å². The molecule has 1 atom stereocenters. The molecule has 1 saturated heterocycles. The van der Waals surface area contributed by atoms with Gasteiger partial charge in [0.1, 0.15) is 5.75 Å². The van der Waals surface area contributed by atoms with Crippen LogP contribution in [0, 0.1) is 0 Å². The first-order valence-electron chi connectivity index (χ1n) is 9.85. The number of nitrogens with one attached hydrogen (secondary N) is 1. The average Bonchev–Trinajstić information content (AvgIpc) is 3.32. The zero-order chi connectivity index (χ0) is 20.2. The summed E-state index contributed by atoms with van der Waals surface area (Å²) < 4.78 is 16.1. The predicted molar refractivity (Wildman–Crippen MR) is 110 cm³/mol. The highest BCUT2D eigenvalue weighted by atomic mass is 35.5. The van der Waals surface area contributed by atoms with E-state index in [1.807, 2.05) is 35.2 Å². The molecular weight excluding hydrogens is 392 g/mol. The van der Waals surface area contributed by atoms with Crippen molar-refractivity contribution in [2.24, 2.45) is 0 Å². The van der Waals surface area contributed by atoms with Gasteiger partial charge in [0.15, 0.2) is 11.5 Å². The first kappa shape index (κ1) is 19.9. The molecule has 7 heteroatoms. The van der Waals surface area contributed by atoms with Gasteiger partial charge >= 0.3 is 0 Å². The second kappa shape index (κ2) is 8.93. The Bertz CT molecular complexity index is 889. The summed E-state index contributed by atoms with van der Waals surface area (Å²) in [6.07, 6.45) is 2.41. The average molecular weight is 417 g/mol. The van der Waals surface area contributed by atoms with Crippen LogP contribution in [0.2, 0.25) is 5.02 Å². The molecule has 1 N–H and O–H groups in total. The molecule has 2 heterocycles. The number of rotatable bonds is 8. The van der Waals surface area contributed by atoms with Crippen LogP contribution in [-0.4, -0.2) is 37.3 Å². The lowest BCUT2D eigenvalue weighted by molar-refractivity contribution is -0.129. The van der Waals surface area contributed by atoms with E-state index < -0.39 is 0 Å². The predicted octanol–water partition coefficient (Wildman–Crippen LogP) is 3.75. The topological polar surface area (TPSA) is 60.0 Å². The zero-order valence-electron chi connectivity index (χ0n) is 16.4. The van der Waals surface area contributed by atoms with Gasteiger partial charge in [-0.1, -0.05) is 23.7 Å². The Hall–Kier alpha value is -2.44. The molecule has 2 aromatic carbocycles. The van der Waals surface area contributed by atoms with Gasteiger partial charge in [-0.05, 0) is 48.7 Å². The Balaban J connectivity index is 1.30. The molecule has 2 aliphatic heterocycles. The minimum Gasteiger partial charge on any atom is -0.497 e. The van der Waals surface area contributed by atoms with Crippen LogP contribution in [0.5, 0.6) is 17.2 Å². The molecule has 29 heavy (non-hydrogen) atoms. The van der Waals surface area contributed by atoms with Gasteiger partial charge in [0, 0.05) is 36.6 Å². The SMILES string of the molecule is COc1cccc(CN2C(=O)CC[C@@H]2CCNCc2cc3c(cc2Cl)OCO3)c1. The number of methoxy groups -OCH3 is 1. The molecule has 0 bridgehead atoms. The van der Waals surface area contributed by atoms with E-state index in [1.54, 1.807) is 13.2 Å². The van der Waals surface area contributed by atoms with Gasteiger partial charge in [-0.25, -0.2) is 0 Å². The molecule has 0 spiro atoms.